The maximum atomic E-state index is 12.1. The van der Waals surface area contributed by atoms with Crippen molar-refractivity contribution in [3.05, 3.63) is 48.0 Å². The first-order chi connectivity index (χ1) is 9.72. The van der Waals surface area contributed by atoms with Crippen LogP contribution in [0.5, 0.6) is 0 Å². The third kappa shape index (κ3) is 3.05. The molecule has 5 nitrogen and oxygen atoms in total. The van der Waals surface area contributed by atoms with Crippen LogP contribution in [0, 0.1) is 0 Å². The van der Waals surface area contributed by atoms with E-state index in [9.17, 15) is 4.79 Å². The van der Waals surface area contributed by atoms with E-state index >= 15 is 0 Å². The van der Waals surface area contributed by atoms with Crippen molar-refractivity contribution in [3.8, 4) is 0 Å². The Morgan fingerprint density at radius 3 is 3.00 bits per heavy atom. The number of rotatable bonds is 5. The number of carbonyl (C=O) groups excluding carboxylic acids is 1. The topological polar surface area (TPSA) is 59.0 Å². The average molecular weight is 270 g/mol. The predicted octanol–water partition coefficient (Wildman–Crippen LogP) is 1.92. The summed E-state index contributed by atoms with van der Waals surface area (Å²) in [7, 11) is 1.80. The fraction of sp³-hybridized carbons (Fsp3) is 0.333. The van der Waals surface area contributed by atoms with Crippen LogP contribution >= 0.6 is 0 Å². The zero-order valence-corrected chi connectivity index (χ0v) is 11.5. The molecule has 3 rings (SSSR count). The number of imidazole rings is 1. The highest BCUT2D eigenvalue weighted by atomic mass is 16.1. The van der Waals surface area contributed by atoms with E-state index in [1.807, 2.05) is 18.2 Å². The highest BCUT2D eigenvalue weighted by Gasteiger charge is 2.19. The molecule has 1 aliphatic rings. The average Bonchev–Trinajstić information content (AvgIpc) is 3.17. The number of benzene rings is 1. The van der Waals surface area contributed by atoms with Gasteiger partial charge in [0.15, 0.2) is 0 Å². The third-order valence-electron chi connectivity index (χ3n) is 3.41. The summed E-state index contributed by atoms with van der Waals surface area (Å²) >= 11 is 0. The quantitative estimate of drug-likeness (QED) is 0.872. The third-order valence-corrected chi connectivity index (χ3v) is 3.41. The summed E-state index contributed by atoms with van der Waals surface area (Å²) in [6.45, 7) is 0.847. The van der Waals surface area contributed by atoms with E-state index in [0.29, 0.717) is 11.7 Å². The van der Waals surface area contributed by atoms with Crippen LogP contribution < -0.4 is 10.6 Å². The highest BCUT2D eigenvalue weighted by Crippen LogP contribution is 2.20. The molecule has 1 amide bonds. The molecule has 5 heteroatoms. The lowest BCUT2D eigenvalue weighted by Gasteiger charge is -2.08. The molecule has 1 saturated carbocycles. The molecular formula is C15H18N4O. The Bertz CT molecular complexity index is 616. The number of nitrogens with one attached hydrogen (secondary N) is 2. The van der Waals surface area contributed by atoms with Crippen LogP contribution in [0.4, 0.5) is 5.69 Å². The summed E-state index contributed by atoms with van der Waals surface area (Å²) < 4.78 is 1.70. The Hall–Kier alpha value is -2.14. The molecule has 1 fully saturated rings. The molecule has 0 unspecified atom stereocenters. The molecule has 0 atom stereocenters. The highest BCUT2D eigenvalue weighted by molar-refractivity contribution is 6.02. The van der Waals surface area contributed by atoms with Crippen LogP contribution in [-0.4, -0.2) is 21.5 Å². The van der Waals surface area contributed by atoms with Gasteiger partial charge in [-0.05, 0) is 30.5 Å². The monoisotopic (exact) mass is 270 g/mol. The molecule has 0 radical (unpaired) electrons. The lowest BCUT2D eigenvalue weighted by atomic mass is 10.2. The molecule has 2 N–H and O–H groups in total. The second kappa shape index (κ2) is 5.46. The Labute approximate surface area is 118 Å². The minimum absolute atomic E-state index is 0.141. The number of hydrogen-bond acceptors (Lipinski definition) is 3. The summed E-state index contributed by atoms with van der Waals surface area (Å²) in [5.41, 5.74) is 2.54. The minimum atomic E-state index is -0.141. The second-order valence-corrected chi connectivity index (χ2v) is 5.20. The number of nitrogens with zero attached hydrogens (tertiary/aromatic N) is 2. The summed E-state index contributed by atoms with van der Waals surface area (Å²) in [5, 5.41) is 6.36. The molecule has 0 bridgehead atoms. The van der Waals surface area contributed by atoms with Crippen molar-refractivity contribution in [2.75, 3.05) is 5.32 Å². The van der Waals surface area contributed by atoms with E-state index in [-0.39, 0.29) is 5.91 Å². The van der Waals surface area contributed by atoms with Gasteiger partial charge in [-0.1, -0.05) is 12.1 Å². The molecule has 0 spiro atoms. The van der Waals surface area contributed by atoms with Crippen molar-refractivity contribution in [1.29, 1.82) is 0 Å². The van der Waals surface area contributed by atoms with Crippen molar-refractivity contribution in [3.63, 3.8) is 0 Å². The summed E-state index contributed by atoms with van der Waals surface area (Å²) in [4.78, 5) is 16.0. The van der Waals surface area contributed by atoms with Gasteiger partial charge < -0.3 is 15.2 Å². The van der Waals surface area contributed by atoms with Crippen LogP contribution in [0.2, 0.25) is 0 Å². The molecule has 104 valence electrons. The van der Waals surface area contributed by atoms with Crippen LogP contribution in [-0.2, 0) is 13.6 Å². The Balaban J connectivity index is 1.65. The summed E-state index contributed by atoms with van der Waals surface area (Å²) in [6, 6.07) is 8.61. The van der Waals surface area contributed by atoms with E-state index in [2.05, 4.69) is 21.7 Å². The van der Waals surface area contributed by atoms with E-state index in [4.69, 9.17) is 0 Å². The van der Waals surface area contributed by atoms with Gasteiger partial charge >= 0.3 is 0 Å². The first-order valence-corrected chi connectivity index (χ1v) is 6.82. The fourth-order valence-electron chi connectivity index (χ4n) is 2.08. The zero-order valence-electron chi connectivity index (χ0n) is 11.5. The zero-order chi connectivity index (χ0) is 13.9. The normalized spacial score (nSPS) is 14.2. The Morgan fingerprint density at radius 1 is 1.45 bits per heavy atom. The second-order valence-electron chi connectivity index (χ2n) is 5.20. The lowest BCUT2D eigenvalue weighted by molar-refractivity contribution is 0.101. The molecule has 1 aliphatic carbocycles. The van der Waals surface area contributed by atoms with Gasteiger partial charge in [0.2, 0.25) is 0 Å². The van der Waals surface area contributed by atoms with Crippen LogP contribution in [0.25, 0.3) is 0 Å². The van der Waals surface area contributed by atoms with E-state index in [1.54, 1.807) is 24.1 Å². The molecule has 2 aromatic rings. The number of aromatic nitrogens is 2. The van der Waals surface area contributed by atoms with Crippen molar-refractivity contribution < 1.29 is 4.79 Å². The van der Waals surface area contributed by atoms with E-state index < -0.39 is 0 Å². The first-order valence-electron chi connectivity index (χ1n) is 6.82. The van der Waals surface area contributed by atoms with Gasteiger partial charge in [-0.2, -0.15) is 0 Å². The van der Waals surface area contributed by atoms with Gasteiger partial charge in [0.1, 0.15) is 5.69 Å². The number of anilines is 1. The molecular weight excluding hydrogens is 252 g/mol. The minimum Gasteiger partial charge on any atom is -0.330 e. The van der Waals surface area contributed by atoms with Gasteiger partial charge in [-0.3, -0.25) is 4.79 Å². The smallest absolute Gasteiger partial charge is 0.273 e. The van der Waals surface area contributed by atoms with E-state index in [0.717, 1.165) is 12.2 Å². The van der Waals surface area contributed by atoms with Crippen molar-refractivity contribution in [2.45, 2.75) is 25.4 Å². The molecule has 0 aliphatic heterocycles. The van der Waals surface area contributed by atoms with Crippen molar-refractivity contribution in [1.82, 2.24) is 14.9 Å². The van der Waals surface area contributed by atoms with Crippen LogP contribution in [0.15, 0.2) is 36.8 Å². The number of carbonyl (C=O) groups is 1. The standard InChI is InChI=1S/C15H18N4O/c1-19-10-16-9-14(19)15(20)18-13-4-2-3-11(7-13)8-17-12-5-6-12/h2-4,7,9-10,12,17H,5-6,8H2,1H3,(H,18,20). The van der Waals surface area contributed by atoms with Crippen molar-refractivity contribution >= 4 is 11.6 Å². The summed E-state index contributed by atoms with van der Waals surface area (Å²) in [6.07, 6.45) is 5.73. The number of amides is 1. The molecule has 1 aromatic heterocycles. The lowest BCUT2D eigenvalue weighted by Crippen LogP contribution is -2.17. The van der Waals surface area contributed by atoms with Crippen molar-refractivity contribution in [2.24, 2.45) is 7.05 Å². The first kappa shape index (κ1) is 12.9. The Morgan fingerprint density at radius 2 is 2.30 bits per heavy atom. The molecule has 20 heavy (non-hydrogen) atoms. The van der Waals surface area contributed by atoms with Gasteiger partial charge in [0, 0.05) is 25.3 Å². The maximum absolute atomic E-state index is 12.1. The largest absolute Gasteiger partial charge is 0.330 e. The van der Waals surface area contributed by atoms with Gasteiger partial charge in [0.25, 0.3) is 5.91 Å². The van der Waals surface area contributed by atoms with Crippen LogP contribution in [0.1, 0.15) is 28.9 Å². The predicted molar refractivity (Wildman–Crippen MR) is 77.5 cm³/mol. The molecule has 0 saturated heterocycles. The van der Waals surface area contributed by atoms with Gasteiger partial charge in [-0.15, -0.1) is 0 Å². The maximum Gasteiger partial charge on any atom is 0.273 e. The molecule has 1 heterocycles. The summed E-state index contributed by atoms with van der Waals surface area (Å²) in [5.74, 6) is -0.141. The fourth-order valence-corrected chi connectivity index (χ4v) is 2.08. The Kier molecular flexibility index (Phi) is 3.52. The van der Waals surface area contributed by atoms with Crippen LogP contribution in [0.3, 0.4) is 0 Å². The van der Waals surface area contributed by atoms with Gasteiger partial charge in [0.05, 0.1) is 12.5 Å². The SMILES string of the molecule is Cn1cncc1C(=O)Nc1cccc(CNC2CC2)c1. The van der Waals surface area contributed by atoms with Gasteiger partial charge in [-0.25, -0.2) is 4.98 Å². The van der Waals surface area contributed by atoms with E-state index in [1.165, 1.54) is 18.4 Å². The number of hydrogen-bond donors (Lipinski definition) is 2. The number of aryl methyl sites for hydroxylation is 1. The molecule has 1 aromatic carbocycles.